The number of nitrogens with zero attached hydrogens (tertiary/aromatic N) is 8. The number of benzene rings is 1. The predicted octanol–water partition coefficient (Wildman–Crippen LogP) is 1.40. The zero-order valence-corrected chi connectivity index (χ0v) is 17.9. The van der Waals surface area contributed by atoms with E-state index in [1.165, 1.54) is 45.4 Å². The van der Waals surface area contributed by atoms with Crippen molar-refractivity contribution in [1.82, 2.24) is 34.1 Å². The summed E-state index contributed by atoms with van der Waals surface area (Å²) >= 11 is 0. The molecule has 33 heavy (non-hydrogen) atoms. The predicted molar refractivity (Wildman–Crippen MR) is 114 cm³/mol. The lowest BCUT2D eigenvalue weighted by Gasteiger charge is -2.20. The SMILES string of the molecule is C[C@H]1Oc2nc(cnc2N)-c2c(nn(C)c2C#N)Cc2nn(C)c(=O)n2-c2ccc(F)cc21. The molecule has 3 aromatic heterocycles. The van der Waals surface area contributed by atoms with Gasteiger partial charge in [-0.25, -0.2) is 28.4 Å². The van der Waals surface area contributed by atoms with Crippen molar-refractivity contribution in [1.29, 1.82) is 5.26 Å². The van der Waals surface area contributed by atoms with Crippen LogP contribution in [-0.2, 0) is 20.5 Å². The molecule has 0 amide bonds. The molecular weight excluding hydrogens is 429 g/mol. The molecule has 166 valence electrons. The second-order valence-electron chi connectivity index (χ2n) is 7.65. The van der Waals surface area contributed by atoms with Crippen LogP contribution in [0.5, 0.6) is 5.88 Å². The van der Waals surface area contributed by atoms with Crippen molar-refractivity contribution in [2.45, 2.75) is 19.4 Å². The minimum absolute atomic E-state index is 0.0215. The topological polar surface area (TPSA) is 142 Å². The van der Waals surface area contributed by atoms with E-state index in [2.05, 4.69) is 26.2 Å². The van der Waals surface area contributed by atoms with Gasteiger partial charge in [0.15, 0.2) is 5.82 Å². The summed E-state index contributed by atoms with van der Waals surface area (Å²) in [6.07, 6.45) is 0.791. The van der Waals surface area contributed by atoms with E-state index in [9.17, 15) is 14.4 Å². The second kappa shape index (κ2) is 7.27. The summed E-state index contributed by atoms with van der Waals surface area (Å²) in [5, 5.41) is 18.6. The number of nitrogens with two attached hydrogens (primary N) is 1. The van der Waals surface area contributed by atoms with Crippen LogP contribution in [0.2, 0.25) is 0 Å². The van der Waals surface area contributed by atoms with Crippen LogP contribution < -0.4 is 16.2 Å². The maximum Gasteiger partial charge on any atom is 0.350 e. The number of rotatable bonds is 0. The van der Waals surface area contributed by atoms with Crippen molar-refractivity contribution in [2.24, 2.45) is 14.1 Å². The van der Waals surface area contributed by atoms with E-state index in [1.807, 2.05) is 0 Å². The number of ether oxygens (including phenoxy) is 1. The van der Waals surface area contributed by atoms with E-state index in [0.29, 0.717) is 34.0 Å². The van der Waals surface area contributed by atoms with Gasteiger partial charge in [0.05, 0.1) is 35.3 Å². The van der Waals surface area contributed by atoms with Gasteiger partial charge in [-0.2, -0.15) is 15.5 Å². The minimum Gasteiger partial charge on any atom is -0.467 e. The normalized spacial score (nSPS) is 14.7. The molecule has 0 saturated heterocycles. The average molecular weight is 447 g/mol. The van der Waals surface area contributed by atoms with E-state index in [0.717, 1.165) is 0 Å². The Kier molecular flexibility index (Phi) is 4.49. The Balaban J connectivity index is 1.88. The van der Waals surface area contributed by atoms with Gasteiger partial charge in [0.2, 0.25) is 0 Å². The first kappa shape index (κ1) is 20.4. The number of nitrogen functional groups attached to an aromatic ring is 1. The molecule has 4 aromatic rings. The molecule has 0 unspecified atom stereocenters. The van der Waals surface area contributed by atoms with Gasteiger partial charge in [-0.1, -0.05) is 0 Å². The molecule has 1 atom stereocenters. The molecule has 0 saturated carbocycles. The number of anilines is 1. The zero-order chi connectivity index (χ0) is 23.4. The van der Waals surface area contributed by atoms with Crippen molar-refractivity contribution in [2.75, 3.05) is 5.73 Å². The van der Waals surface area contributed by atoms with Crippen molar-refractivity contribution >= 4 is 5.82 Å². The van der Waals surface area contributed by atoms with Gasteiger partial charge in [0.1, 0.15) is 29.5 Å². The van der Waals surface area contributed by atoms with Gasteiger partial charge in [0, 0.05) is 19.7 Å². The van der Waals surface area contributed by atoms with E-state index in [1.54, 1.807) is 14.0 Å². The molecule has 2 bridgehead atoms. The maximum absolute atomic E-state index is 14.2. The lowest BCUT2D eigenvalue weighted by atomic mass is 10.1. The highest BCUT2D eigenvalue weighted by atomic mass is 19.1. The van der Waals surface area contributed by atoms with Crippen molar-refractivity contribution in [3.05, 3.63) is 63.5 Å². The summed E-state index contributed by atoms with van der Waals surface area (Å²) < 4.78 is 24.2. The van der Waals surface area contributed by atoms with Crippen LogP contribution in [0.15, 0.2) is 29.2 Å². The highest BCUT2D eigenvalue weighted by Gasteiger charge is 2.27. The first-order chi connectivity index (χ1) is 15.8. The Labute approximate surface area is 186 Å². The molecule has 5 rings (SSSR count). The lowest BCUT2D eigenvalue weighted by molar-refractivity contribution is 0.217. The highest BCUT2D eigenvalue weighted by Crippen LogP contribution is 2.34. The average Bonchev–Trinajstić information content (AvgIpc) is 3.24. The van der Waals surface area contributed by atoms with Crippen LogP contribution in [0.4, 0.5) is 10.2 Å². The fourth-order valence-corrected chi connectivity index (χ4v) is 4.00. The maximum atomic E-state index is 14.2. The fraction of sp³-hybridized carbons (Fsp3) is 0.238. The second-order valence-corrected chi connectivity index (χ2v) is 7.65. The van der Waals surface area contributed by atoms with Crippen molar-refractivity contribution in [3.63, 3.8) is 0 Å². The first-order valence-corrected chi connectivity index (χ1v) is 9.98. The number of nitriles is 1. The van der Waals surface area contributed by atoms with Crippen LogP contribution in [0.3, 0.4) is 0 Å². The van der Waals surface area contributed by atoms with Crippen LogP contribution in [-0.4, -0.2) is 34.1 Å². The molecule has 2 N–H and O–H groups in total. The molecule has 12 heteroatoms. The van der Waals surface area contributed by atoms with Crippen LogP contribution in [0.25, 0.3) is 16.9 Å². The Bertz CT molecular complexity index is 1530. The summed E-state index contributed by atoms with van der Waals surface area (Å²) in [5.41, 5.74) is 7.87. The molecule has 11 nitrogen and oxygen atoms in total. The Morgan fingerprint density at radius 1 is 1.27 bits per heavy atom. The lowest BCUT2D eigenvalue weighted by Crippen LogP contribution is -2.24. The molecule has 1 aromatic carbocycles. The van der Waals surface area contributed by atoms with Gasteiger partial charge in [0.25, 0.3) is 5.88 Å². The Hall–Kier alpha value is -4.53. The number of hydrogen-bond acceptors (Lipinski definition) is 8. The van der Waals surface area contributed by atoms with Gasteiger partial charge >= 0.3 is 5.69 Å². The summed E-state index contributed by atoms with van der Waals surface area (Å²) in [4.78, 5) is 21.7. The van der Waals surface area contributed by atoms with E-state index in [4.69, 9.17) is 10.5 Å². The number of aromatic nitrogens is 7. The van der Waals surface area contributed by atoms with E-state index >= 15 is 0 Å². The fourth-order valence-electron chi connectivity index (χ4n) is 4.00. The molecular formula is C21H18FN9O2. The van der Waals surface area contributed by atoms with Crippen LogP contribution >= 0.6 is 0 Å². The molecule has 1 aliphatic rings. The monoisotopic (exact) mass is 447 g/mol. The molecule has 4 heterocycles. The molecule has 0 spiro atoms. The third-order valence-corrected chi connectivity index (χ3v) is 5.52. The molecule has 0 aliphatic carbocycles. The molecule has 0 fully saturated rings. The summed E-state index contributed by atoms with van der Waals surface area (Å²) in [6.45, 7) is 1.69. The molecule has 0 radical (unpaired) electrons. The zero-order valence-electron chi connectivity index (χ0n) is 17.9. The van der Waals surface area contributed by atoms with Gasteiger partial charge in [-0.05, 0) is 25.1 Å². The van der Waals surface area contributed by atoms with Crippen LogP contribution in [0.1, 0.15) is 35.8 Å². The third-order valence-electron chi connectivity index (χ3n) is 5.52. The summed E-state index contributed by atoms with van der Waals surface area (Å²) in [6, 6.07) is 6.18. The third kappa shape index (κ3) is 3.13. The highest BCUT2D eigenvalue weighted by molar-refractivity contribution is 5.69. The largest absolute Gasteiger partial charge is 0.467 e. The Morgan fingerprint density at radius 2 is 2.06 bits per heavy atom. The smallest absolute Gasteiger partial charge is 0.350 e. The standard InChI is InChI=1S/C21H18FN9O2/c1-10-12-6-11(22)4-5-15(12)31-17(28-30(3)21(31)32)7-13-18(16(8-23)29(2)27-13)14-9-25-19(24)20(26-14)33-10/h4-6,9-10H,7H2,1-3H3,(H2,24,25)/t10-/m1/s1. The number of halogens is 1. The number of aryl methyl sites for hydroxylation is 2. The summed E-state index contributed by atoms with van der Waals surface area (Å²) in [7, 11) is 3.16. The number of fused-ring (bicyclic) bond motifs is 7. The van der Waals surface area contributed by atoms with Gasteiger partial charge in [-0.15, -0.1) is 0 Å². The minimum atomic E-state index is -0.745. The van der Waals surface area contributed by atoms with Gasteiger partial charge in [-0.3, -0.25) is 4.68 Å². The first-order valence-electron chi connectivity index (χ1n) is 9.98. The van der Waals surface area contributed by atoms with Crippen molar-refractivity contribution in [3.8, 4) is 28.9 Å². The Morgan fingerprint density at radius 3 is 2.82 bits per heavy atom. The van der Waals surface area contributed by atoms with Crippen LogP contribution in [0, 0.1) is 17.1 Å². The summed E-state index contributed by atoms with van der Waals surface area (Å²) in [5.74, 6) is -0.0825. The quantitative estimate of drug-likeness (QED) is 0.426. The van der Waals surface area contributed by atoms with E-state index in [-0.39, 0.29) is 23.8 Å². The van der Waals surface area contributed by atoms with E-state index < -0.39 is 17.6 Å². The number of hydrogen-bond donors (Lipinski definition) is 1. The molecule has 1 aliphatic heterocycles. The van der Waals surface area contributed by atoms with Gasteiger partial charge < -0.3 is 10.5 Å². The van der Waals surface area contributed by atoms with Crippen molar-refractivity contribution < 1.29 is 9.13 Å².